The summed E-state index contributed by atoms with van der Waals surface area (Å²) >= 11 is 1.67. The number of nitrogens with zero attached hydrogens (tertiary/aromatic N) is 3. The molecule has 9 heteroatoms. The number of amides is 2. The minimum absolute atomic E-state index is 0.0393. The molecule has 2 fully saturated rings. The maximum atomic E-state index is 13.3. The number of sulfonamides is 1. The Morgan fingerprint density at radius 3 is 2.50 bits per heavy atom. The normalized spacial score (nSPS) is 21.7. The molecule has 0 aliphatic carbocycles. The summed E-state index contributed by atoms with van der Waals surface area (Å²) in [6, 6.07) is 10.6. The van der Waals surface area contributed by atoms with Crippen LogP contribution in [0.4, 0.5) is 5.69 Å². The molecule has 0 bridgehead atoms. The van der Waals surface area contributed by atoms with Gasteiger partial charge in [0, 0.05) is 43.2 Å². The average Bonchev–Trinajstić information content (AvgIpc) is 3.54. The Labute approximate surface area is 193 Å². The second kappa shape index (κ2) is 9.33. The van der Waals surface area contributed by atoms with Crippen LogP contribution in [0.1, 0.15) is 44.0 Å². The van der Waals surface area contributed by atoms with E-state index in [2.05, 4.69) is 6.07 Å². The molecule has 3 heterocycles. The molecule has 2 atom stereocenters. The second-order valence-corrected chi connectivity index (χ2v) is 11.1. The number of anilines is 1. The smallest absolute Gasteiger partial charge is 0.243 e. The molecule has 2 aliphatic rings. The largest absolute Gasteiger partial charge is 0.335 e. The van der Waals surface area contributed by atoms with Gasteiger partial charge in [0.15, 0.2) is 0 Å². The van der Waals surface area contributed by atoms with Gasteiger partial charge >= 0.3 is 0 Å². The highest BCUT2D eigenvalue weighted by Crippen LogP contribution is 2.37. The Hall–Kier alpha value is -2.23. The zero-order valence-corrected chi connectivity index (χ0v) is 20.1. The second-order valence-electron chi connectivity index (χ2n) is 8.19. The highest BCUT2D eigenvalue weighted by molar-refractivity contribution is 7.89. The number of rotatable bonds is 7. The molecule has 1 aromatic heterocycles. The van der Waals surface area contributed by atoms with E-state index in [0.717, 1.165) is 19.4 Å². The molecule has 0 N–H and O–H groups in total. The van der Waals surface area contributed by atoms with Crippen LogP contribution in [0.2, 0.25) is 0 Å². The molecule has 2 aromatic rings. The highest BCUT2D eigenvalue weighted by atomic mass is 32.2. The lowest BCUT2D eigenvalue weighted by atomic mass is 10.1. The van der Waals surface area contributed by atoms with Gasteiger partial charge in [-0.2, -0.15) is 4.31 Å². The van der Waals surface area contributed by atoms with Crippen LogP contribution < -0.4 is 4.90 Å². The van der Waals surface area contributed by atoms with Crippen molar-refractivity contribution in [2.24, 2.45) is 5.92 Å². The number of benzene rings is 1. The van der Waals surface area contributed by atoms with Crippen molar-refractivity contribution in [3.63, 3.8) is 0 Å². The Bertz CT molecular complexity index is 1060. The molecule has 0 saturated carbocycles. The molecule has 0 radical (unpaired) electrons. The monoisotopic (exact) mass is 475 g/mol. The van der Waals surface area contributed by atoms with Crippen molar-refractivity contribution in [2.75, 3.05) is 31.1 Å². The van der Waals surface area contributed by atoms with Gasteiger partial charge in [0.1, 0.15) is 0 Å². The van der Waals surface area contributed by atoms with Gasteiger partial charge in [-0.3, -0.25) is 9.59 Å². The first-order valence-corrected chi connectivity index (χ1v) is 13.4. The molecule has 172 valence electrons. The Morgan fingerprint density at radius 2 is 1.88 bits per heavy atom. The first-order valence-electron chi connectivity index (χ1n) is 11.1. The minimum Gasteiger partial charge on any atom is -0.335 e. The summed E-state index contributed by atoms with van der Waals surface area (Å²) < 4.78 is 26.8. The van der Waals surface area contributed by atoms with Crippen molar-refractivity contribution >= 4 is 38.9 Å². The molecule has 4 rings (SSSR count). The van der Waals surface area contributed by atoms with E-state index in [1.54, 1.807) is 54.3 Å². The predicted octanol–water partition coefficient (Wildman–Crippen LogP) is 3.50. The Kier molecular flexibility index (Phi) is 6.69. The van der Waals surface area contributed by atoms with Crippen LogP contribution >= 0.6 is 11.3 Å². The van der Waals surface area contributed by atoms with Crippen LogP contribution in [0.5, 0.6) is 0 Å². The van der Waals surface area contributed by atoms with Crippen molar-refractivity contribution in [3.05, 3.63) is 46.7 Å². The van der Waals surface area contributed by atoms with E-state index in [-0.39, 0.29) is 35.1 Å². The fourth-order valence-corrected chi connectivity index (χ4v) is 7.01. The van der Waals surface area contributed by atoms with Gasteiger partial charge < -0.3 is 9.80 Å². The fourth-order valence-electron chi connectivity index (χ4n) is 4.67. The molecule has 2 unspecified atom stereocenters. The van der Waals surface area contributed by atoms with E-state index in [1.165, 1.54) is 9.18 Å². The highest BCUT2D eigenvalue weighted by Gasteiger charge is 2.40. The summed E-state index contributed by atoms with van der Waals surface area (Å²) in [5, 5.41) is 2.03. The number of likely N-dealkylation sites (tertiary alicyclic amines) is 1. The zero-order valence-electron chi connectivity index (χ0n) is 18.4. The molecule has 32 heavy (non-hydrogen) atoms. The van der Waals surface area contributed by atoms with Gasteiger partial charge in [-0.25, -0.2) is 8.42 Å². The standard InChI is InChI=1S/C23H29N3O4S2/c1-3-24(4-2)32(29,30)19-11-9-18(10-12-19)26-16-17(15-22(26)27)23(28)25-13-5-7-20(25)21-8-6-14-31-21/h6,8-12,14,17,20H,3-5,7,13,15-16H2,1-2H3. The van der Waals surface area contributed by atoms with E-state index in [4.69, 9.17) is 0 Å². The summed E-state index contributed by atoms with van der Waals surface area (Å²) in [6.45, 7) is 5.46. The van der Waals surface area contributed by atoms with Gasteiger partial charge in [-0.1, -0.05) is 19.9 Å². The van der Waals surface area contributed by atoms with Crippen molar-refractivity contribution in [3.8, 4) is 0 Å². The van der Waals surface area contributed by atoms with Crippen LogP contribution in [-0.4, -0.2) is 55.6 Å². The summed E-state index contributed by atoms with van der Waals surface area (Å²) in [7, 11) is -3.55. The number of hydrogen-bond donors (Lipinski definition) is 0. The lowest BCUT2D eigenvalue weighted by molar-refractivity contribution is -0.136. The molecule has 7 nitrogen and oxygen atoms in total. The van der Waals surface area contributed by atoms with E-state index in [0.29, 0.717) is 25.3 Å². The fraction of sp³-hybridized carbons (Fsp3) is 0.478. The van der Waals surface area contributed by atoms with Crippen molar-refractivity contribution in [1.29, 1.82) is 0 Å². The summed E-state index contributed by atoms with van der Waals surface area (Å²) in [4.78, 5) is 30.9. The summed E-state index contributed by atoms with van der Waals surface area (Å²) in [6.07, 6.45) is 2.12. The molecule has 1 aromatic carbocycles. The third-order valence-corrected chi connectivity index (χ3v) is 9.41. The topological polar surface area (TPSA) is 78.0 Å². The van der Waals surface area contributed by atoms with Crippen LogP contribution in [-0.2, 0) is 19.6 Å². The van der Waals surface area contributed by atoms with E-state index < -0.39 is 10.0 Å². The third kappa shape index (κ3) is 4.21. The van der Waals surface area contributed by atoms with E-state index >= 15 is 0 Å². The van der Waals surface area contributed by atoms with Crippen LogP contribution in [0.15, 0.2) is 46.7 Å². The molecule has 2 aliphatic heterocycles. The number of carbonyl (C=O) groups excluding carboxylic acids is 2. The van der Waals surface area contributed by atoms with Crippen molar-refractivity contribution < 1.29 is 18.0 Å². The Morgan fingerprint density at radius 1 is 1.16 bits per heavy atom. The molecule has 2 saturated heterocycles. The third-order valence-electron chi connectivity index (χ3n) is 6.37. The van der Waals surface area contributed by atoms with E-state index in [1.807, 2.05) is 16.3 Å². The van der Waals surface area contributed by atoms with Gasteiger partial charge in [0.25, 0.3) is 0 Å². The Balaban J connectivity index is 1.47. The molecular formula is C23H29N3O4S2. The number of thiophene rings is 1. The lowest BCUT2D eigenvalue weighted by Crippen LogP contribution is -2.36. The quantitative estimate of drug-likeness (QED) is 0.614. The maximum absolute atomic E-state index is 13.3. The first kappa shape index (κ1) is 22.9. The van der Waals surface area contributed by atoms with Crippen molar-refractivity contribution in [2.45, 2.75) is 44.0 Å². The first-order chi connectivity index (χ1) is 15.4. The molecule has 0 spiro atoms. The predicted molar refractivity (Wildman–Crippen MR) is 125 cm³/mol. The van der Waals surface area contributed by atoms with Crippen molar-refractivity contribution in [1.82, 2.24) is 9.21 Å². The number of carbonyl (C=O) groups is 2. The zero-order chi connectivity index (χ0) is 22.9. The molecular weight excluding hydrogens is 446 g/mol. The van der Waals surface area contributed by atoms with Gasteiger partial charge in [-0.15, -0.1) is 11.3 Å². The van der Waals surface area contributed by atoms with Gasteiger partial charge in [0.05, 0.1) is 16.9 Å². The minimum atomic E-state index is -3.55. The maximum Gasteiger partial charge on any atom is 0.243 e. The van der Waals surface area contributed by atoms with Gasteiger partial charge in [0.2, 0.25) is 21.8 Å². The molecule has 2 amide bonds. The lowest BCUT2D eigenvalue weighted by Gasteiger charge is -2.26. The number of hydrogen-bond acceptors (Lipinski definition) is 5. The average molecular weight is 476 g/mol. The summed E-state index contributed by atoms with van der Waals surface area (Å²) in [5.41, 5.74) is 0.625. The van der Waals surface area contributed by atoms with Crippen LogP contribution in [0.3, 0.4) is 0 Å². The SMILES string of the molecule is CCN(CC)S(=O)(=O)c1ccc(N2CC(C(=O)N3CCCC3c3cccs3)CC2=O)cc1. The van der Waals surface area contributed by atoms with Crippen LogP contribution in [0, 0.1) is 5.92 Å². The van der Waals surface area contributed by atoms with Crippen LogP contribution in [0.25, 0.3) is 0 Å². The summed E-state index contributed by atoms with van der Waals surface area (Å²) in [5.74, 6) is -0.436. The van der Waals surface area contributed by atoms with E-state index in [9.17, 15) is 18.0 Å². The van der Waals surface area contributed by atoms with Gasteiger partial charge in [-0.05, 0) is 48.6 Å².